The Morgan fingerprint density at radius 2 is 2.02 bits per heavy atom. The molecule has 43 heavy (non-hydrogen) atoms. The Morgan fingerprint density at radius 1 is 1.23 bits per heavy atom. The SMILES string of the molecule is C=CC(=O)N1Cc2cc(-c3nc(-c4cn(C)cn4)c4ccsc4c3-c3c(F)cc(F)cc3OCC(C)(C)O)nn2[C@@H](C)C1. The number of ether oxygens (including phenoxy) is 1. The van der Waals surface area contributed by atoms with Gasteiger partial charge in [0.2, 0.25) is 5.91 Å². The topological polar surface area (TPSA) is 98.3 Å². The van der Waals surface area contributed by atoms with Gasteiger partial charge in [-0.25, -0.2) is 18.7 Å². The summed E-state index contributed by atoms with van der Waals surface area (Å²) in [6.07, 6.45) is 4.81. The van der Waals surface area contributed by atoms with Crippen molar-refractivity contribution in [1.29, 1.82) is 0 Å². The van der Waals surface area contributed by atoms with Crippen LogP contribution in [-0.2, 0) is 18.4 Å². The maximum absolute atomic E-state index is 15.9. The highest BCUT2D eigenvalue weighted by Gasteiger charge is 2.31. The van der Waals surface area contributed by atoms with E-state index in [9.17, 15) is 14.3 Å². The van der Waals surface area contributed by atoms with Gasteiger partial charge in [0.15, 0.2) is 0 Å². The number of halogens is 2. The van der Waals surface area contributed by atoms with Crippen molar-refractivity contribution >= 4 is 27.3 Å². The summed E-state index contributed by atoms with van der Waals surface area (Å²) < 4.78 is 40.7. The molecule has 5 heterocycles. The van der Waals surface area contributed by atoms with Gasteiger partial charge in [-0.05, 0) is 44.4 Å². The fourth-order valence-corrected chi connectivity index (χ4v) is 6.28. The summed E-state index contributed by atoms with van der Waals surface area (Å²) in [4.78, 5) is 23.7. The molecular weight excluding hydrogens is 574 g/mol. The molecule has 0 bridgehead atoms. The highest BCUT2D eigenvalue weighted by Crippen LogP contribution is 2.47. The van der Waals surface area contributed by atoms with Gasteiger partial charge in [-0.15, -0.1) is 11.3 Å². The number of aromatic nitrogens is 5. The van der Waals surface area contributed by atoms with Crippen molar-refractivity contribution in [2.24, 2.45) is 7.05 Å². The van der Waals surface area contributed by atoms with Crippen LogP contribution in [0.5, 0.6) is 5.75 Å². The molecular formula is C31H30F2N6O3S. The molecule has 4 aromatic heterocycles. The average Bonchev–Trinajstić information content (AvgIpc) is 3.70. The number of nitrogens with zero attached hydrogens (tertiary/aromatic N) is 6. The van der Waals surface area contributed by atoms with Crippen LogP contribution in [0.15, 0.2) is 54.8 Å². The summed E-state index contributed by atoms with van der Waals surface area (Å²) in [7, 11) is 1.86. The van der Waals surface area contributed by atoms with Crippen LogP contribution in [0.25, 0.3) is 44.0 Å². The quantitative estimate of drug-likeness (QED) is 0.238. The number of carbonyl (C=O) groups is 1. The summed E-state index contributed by atoms with van der Waals surface area (Å²) in [5.41, 5.74) is 1.93. The summed E-state index contributed by atoms with van der Waals surface area (Å²) in [5, 5.41) is 17.8. The van der Waals surface area contributed by atoms with Gasteiger partial charge in [-0.3, -0.25) is 9.48 Å². The number of carbonyl (C=O) groups excluding carboxylic acids is 1. The number of hydrogen-bond donors (Lipinski definition) is 1. The average molecular weight is 605 g/mol. The third kappa shape index (κ3) is 5.32. The van der Waals surface area contributed by atoms with E-state index >= 15 is 4.39 Å². The van der Waals surface area contributed by atoms with Crippen LogP contribution < -0.4 is 4.74 Å². The maximum Gasteiger partial charge on any atom is 0.246 e. The number of thiophene rings is 1. The van der Waals surface area contributed by atoms with Crippen molar-refractivity contribution in [2.75, 3.05) is 13.2 Å². The first kappa shape index (κ1) is 28.7. The van der Waals surface area contributed by atoms with Crippen molar-refractivity contribution in [3.8, 4) is 39.7 Å². The number of amides is 1. The first-order valence-corrected chi connectivity index (χ1v) is 14.6. The minimum atomic E-state index is -1.25. The zero-order valence-corrected chi connectivity index (χ0v) is 25.0. The summed E-state index contributed by atoms with van der Waals surface area (Å²) in [6.45, 7) is 9.23. The minimum Gasteiger partial charge on any atom is -0.490 e. The van der Waals surface area contributed by atoms with Crippen LogP contribution in [-0.4, -0.2) is 59.0 Å². The van der Waals surface area contributed by atoms with Crippen LogP contribution in [0.2, 0.25) is 0 Å². The van der Waals surface area contributed by atoms with E-state index in [0.717, 1.165) is 23.2 Å². The predicted molar refractivity (Wildman–Crippen MR) is 161 cm³/mol. The highest BCUT2D eigenvalue weighted by atomic mass is 32.1. The van der Waals surface area contributed by atoms with E-state index in [2.05, 4.69) is 11.6 Å². The summed E-state index contributed by atoms with van der Waals surface area (Å²) in [5.74, 6) is -1.90. The van der Waals surface area contributed by atoms with Crippen LogP contribution in [0.4, 0.5) is 8.78 Å². The molecule has 1 N–H and O–H groups in total. The first-order valence-electron chi connectivity index (χ1n) is 13.7. The van der Waals surface area contributed by atoms with E-state index in [4.69, 9.17) is 14.8 Å². The second-order valence-electron chi connectivity index (χ2n) is 11.4. The number of benzene rings is 1. The van der Waals surface area contributed by atoms with Crippen molar-refractivity contribution < 1.29 is 23.4 Å². The molecule has 1 aliphatic heterocycles. The molecule has 6 rings (SSSR count). The van der Waals surface area contributed by atoms with Gasteiger partial charge in [0.25, 0.3) is 0 Å². The van der Waals surface area contributed by atoms with E-state index in [1.165, 1.54) is 17.4 Å². The molecule has 5 aromatic rings. The van der Waals surface area contributed by atoms with Crippen molar-refractivity contribution in [3.05, 3.63) is 72.2 Å². The number of imidazole rings is 1. The molecule has 0 radical (unpaired) electrons. The van der Waals surface area contributed by atoms with Gasteiger partial charge in [0, 0.05) is 47.6 Å². The van der Waals surface area contributed by atoms with Crippen LogP contribution >= 0.6 is 11.3 Å². The Bertz CT molecular complexity index is 1890. The number of fused-ring (bicyclic) bond motifs is 2. The maximum atomic E-state index is 15.9. The van der Waals surface area contributed by atoms with Crippen LogP contribution in [0, 0.1) is 11.6 Å². The minimum absolute atomic E-state index is 0.00986. The molecule has 1 aliphatic rings. The third-order valence-electron chi connectivity index (χ3n) is 7.20. The van der Waals surface area contributed by atoms with Crippen LogP contribution in [0.3, 0.4) is 0 Å². The monoisotopic (exact) mass is 604 g/mol. The molecule has 222 valence electrons. The lowest BCUT2D eigenvalue weighted by Gasteiger charge is -2.31. The Morgan fingerprint density at radius 3 is 2.72 bits per heavy atom. The molecule has 0 fully saturated rings. The Balaban J connectivity index is 1.63. The smallest absolute Gasteiger partial charge is 0.246 e. The lowest BCUT2D eigenvalue weighted by Crippen LogP contribution is -2.39. The van der Waals surface area contributed by atoms with Gasteiger partial charge in [0.1, 0.15) is 41.1 Å². The molecule has 12 heteroatoms. The Kier molecular flexibility index (Phi) is 7.13. The molecule has 1 amide bonds. The number of aryl methyl sites for hydroxylation is 1. The number of aliphatic hydroxyl groups is 1. The van der Waals surface area contributed by atoms with Gasteiger partial charge in [-0.1, -0.05) is 6.58 Å². The van der Waals surface area contributed by atoms with Gasteiger partial charge in [0.05, 0.1) is 41.5 Å². The van der Waals surface area contributed by atoms with E-state index in [0.29, 0.717) is 46.1 Å². The van der Waals surface area contributed by atoms with Crippen molar-refractivity contribution in [2.45, 2.75) is 39.0 Å². The zero-order valence-electron chi connectivity index (χ0n) is 24.1. The lowest BCUT2D eigenvalue weighted by molar-refractivity contribution is -0.127. The zero-order chi connectivity index (χ0) is 30.6. The molecule has 0 saturated heterocycles. The van der Waals surface area contributed by atoms with Crippen molar-refractivity contribution in [3.63, 3.8) is 0 Å². The van der Waals surface area contributed by atoms with Gasteiger partial charge < -0.3 is 19.3 Å². The lowest BCUT2D eigenvalue weighted by atomic mass is 9.97. The Labute approximate surface area is 250 Å². The number of hydrogen-bond acceptors (Lipinski definition) is 7. The third-order valence-corrected chi connectivity index (χ3v) is 8.13. The Hall–Kier alpha value is -4.42. The highest BCUT2D eigenvalue weighted by molar-refractivity contribution is 7.18. The predicted octanol–water partition coefficient (Wildman–Crippen LogP) is 5.74. The second kappa shape index (κ2) is 10.7. The number of pyridine rings is 1. The molecule has 9 nitrogen and oxygen atoms in total. The second-order valence-corrected chi connectivity index (χ2v) is 12.3. The molecule has 0 unspecified atom stereocenters. The molecule has 1 atom stereocenters. The van der Waals surface area contributed by atoms with Crippen molar-refractivity contribution in [1.82, 2.24) is 29.2 Å². The van der Waals surface area contributed by atoms with E-state index in [1.807, 2.05) is 46.9 Å². The fourth-order valence-electron chi connectivity index (χ4n) is 5.34. The van der Waals surface area contributed by atoms with E-state index in [1.54, 1.807) is 25.1 Å². The fraction of sp³-hybridized carbons (Fsp3) is 0.290. The summed E-state index contributed by atoms with van der Waals surface area (Å²) in [6, 6.07) is 5.51. The summed E-state index contributed by atoms with van der Waals surface area (Å²) >= 11 is 1.38. The largest absolute Gasteiger partial charge is 0.490 e. The van der Waals surface area contributed by atoms with E-state index in [-0.39, 0.29) is 29.9 Å². The van der Waals surface area contributed by atoms with E-state index < -0.39 is 17.2 Å². The van der Waals surface area contributed by atoms with Crippen LogP contribution in [0.1, 0.15) is 32.5 Å². The molecule has 0 saturated carbocycles. The van der Waals surface area contributed by atoms with Gasteiger partial charge in [-0.2, -0.15) is 5.10 Å². The molecule has 0 aliphatic carbocycles. The first-order chi connectivity index (χ1) is 20.4. The molecule has 0 spiro atoms. The standard InChI is InChI=1S/C31H30F2N6O3S/c1-6-25(40)38-12-17(2)39-19(13-38)11-22(36-39)29-27(26-21(33)9-18(32)10-24(26)42-15-31(3,4)41)30-20(7-8-43-30)28(35-29)23-14-37(5)16-34-23/h6-11,14,16-17,41H,1,12-13,15H2,2-5H3/t17-/m0/s1. The molecule has 1 aromatic carbocycles. The van der Waals surface area contributed by atoms with Gasteiger partial charge >= 0.3 is 0 Å². The number of rotatable bonds is 7. The normalized spacial score (nSPS) is 15.1.